The van der Waals surface area contributed by atoms with Crippen molar-refractivity contribution in [2.75, 3.05) is 25.2 Å². The highest BCUT2D eigenvalue weighted by atomic mass is 32.1. The van der Waals surface area contributed by atoms with E-state index < -0.39 is 11.6 Å². The SMILES string of the molecule is CCCCOC(=O)N(C)c1ccc(C2(C(=O)COc3ccc(Cc4sc(=O)[nH]c4O)cc3)C=CC=N2)c(Oc2ccc(-n3ccnc3)cc2)c1. The molecular weight excluding hydrogens is 659 g/mol. The molecule has 0 saturated carbocycles. The predicted molar refractivity (Wildman–Crippen MR) is 190 cm³/mol. The molecule has 50 heavy (non-hydrogen) atoms. The second-order valence-electron chi connectivity index (χ2n) is 11.5. The Hall–Kier alpha value is -5.95. The zero-order valence-electron chi connectivity index (χ0n) is 27.4. The van der Waals surface area contributed by atoms with Gasteiger partial charge in [0.15, 0.2) is 5.54 Å². The van der Waals surface area contributed by atoms with Crippen LogP contribution in [-0.2, 0) is 21.5 Å². The number of benzene rings is 3. The van der Waals surface area contributed by atoms with Crippen LogP contribution in [0.5, 0.6) is 23.1 Å². The van der Waals surface area contributed by atoms with E-state index in [2.05, 4.69) is 15.0 Å². The van der Waals surface area contributed by atoms with E-state index in [-0.39, 0.29) is 23.1 Å². The Morgan fingerprint density at radius 1 is 1.06 bits per heavy atom. The number of ether oxygens (including phenoxy) is 3. The molecule has 0 radical (unpaired) electrons. The average molecular weight is 694 g/mol. The van der Waals surface area contributed by atoms with Gasteiger partial charge in [0.05, 0.1) is 23.5 Å². The quantitative estimate of drug-likeness (QED) is 0.124. The molecule has 256 valence electrons. The Kier molecular flexibility index (Phi) is 10.2. The lowest BCUT2D eigenvalue weighted by molar-refractivity contribution is -0.124. The Balaban J connectivity index is 1.25. The first kappa shape index (κ1) is 33.9. The minimum absolute atomic E-state index is 0.136. The van der Waals surface area contributed by atoms with Gasteiger partial charge < -0.3 is 23.9 Å². The third-order valence-electron chi connectivity index (χ3n) is 8.11. The number of carbonyl (C=O) groups is 2. The molecular formula is C37H35N5O7S. The van der Waals surface area contributed by atoms with Crippen LogP contribution >= 0.6 is 11.3 Å². The Morgan fingerprint density at radius 2 is 1.84 bits per heavy atom. The fourth-order valence-electron chi connectivity index (χ4n) is 5.33. The van der Waals surface area contributed by atoms with Crippen LogP contribution in [0.15, 0.2) is 107 Å². The van der Waals surface area contributed by atoms with Crippen molar-refractivity contribution in [1.29, 1.82) is 0 Å². The Bertz CT molecular complexity index is 2050. The molecule has 1 amide bonds. The molecule has 1 unspecified atom stereocenters. The number of carbonyl (C=O) groups excluding carboxylic acids is 2. The monoisotopic (exact) mass is 693 g/mol. The molecule has 1 aliphatic heterocycles. The number of anilines is 1. The number of allylic oxidation sites excluding steroid dienone is 1. The molecule has 1 atom stereocenters. The topological polar surface area (TPSA) is 148 Å². The standard InChI is InChI=1S/C37H35N5O7S/c1-3-4-20-47-36(46)41(2)27-10-15-30(31(22-27)49-29-13-8-26(9-14-29)42-19-18-38-24-42)37(16-5-17-39-37)33(43)23-48-28-11-6-25(7-12-28)21-32-34(44)40-35(45)50-32/h5-19,22,24,44H,3-4,20-21,23H2,1-2H3,(H,40,45). The fourth-order valence-corrected chi connectivity index (χ4v) is 6.09. The number of unbranched alkanes of at least 4 members (excludes halogenated alkanes) is 1. The number of amides is 1. The largest absolute Gasteiger partial charge is 0.494 e. The van der Waals surface area contributed by atoms with E-state index in [9.17, 15) is 19.5 Å². The molecule has 1 aliphatic rings. The lowest BCUT2D eigenvalue weighted by Gasteiger charge is -2.27. The lowest BCUT2D eigenvalue weighted by atomic mass is 9.86. The maximum absolute atomic E-state index is 14.0. The summed E-state index contributed by atoms with van der Waals surface area (Å²) in [6.07, 6.45) is 11.7. The average Bonchev–Trinajstić information content (AvgIpc) is 3.91. The van der Waals surface area contributed by atoms with Crippen molar-refractivity contribution in [2.45, 2.75) is 31.7 Å². The first-order chi connectivity index (χ1) is 24.3. The van der Waals surface area contributed by atoms with Gasteiger partial charge in [0, 0.05) is 49.4 Å². The summed E-state index contributed by atoms with van der Waals surface area (Å²) in [6.45, 7) is 2.03. The number of hydrogen-bond donors (Lipinski definition) is 2. The summed E-state index contributed by atoms with van der Waals surface area (Å²) in [5, 5.41) is 9.91. The lowest BCUT2D eigenvalue weighted by Crippen LogP contribution is -2.35. The van der Waals surface area contributed by atoms with Gasteiger partial charge >= 0.3 is 11.0 Å². The normalized spacial score (nSPS) is 14.8. The number of ketones is 1. The number of Topliss-reactive ketones (excluding diaryl/α,β-unsaturated/α-hetero) is 1. The van der Waals surface area contributed by atoms with Crippen LogP contribution in [0.2, 0.25) is 0 Å². The second-order valence-corrected chi connectivity index (χ2v) is 12.6. The van der Waals surface area contributed by atoms with Crippen LogP contribution in [0.3, 0.4) is 0 Å². The zero-order valence-corrected chi connectivity index (χ0v) is 28.3. The summed E-state index contributed by atoms with van der Waals surface area (Å²) in [7, 11) is 1.61. The third-order valence-corrected chi connectivity index (χ3v) is 8.98. The summed E-state index contributed by atoms with van der Waals surface area (Å²) in [4.78, 5) is 51.1. The van der Waals surface area contributed by atoms with E-state index in [0.717, 1.165) is 35.4 Å². The molecule has 12 nitrogen and oxygen atoms in total. The van der Waals surface area contributed by atoms with E-state index >= 15 is 0 Å². The summed E-state index contributed by atoms with van der Waals surface area (Å²) < 4.78 is 19.6. The minimum Gasteiger partial charge on any atom is -0.494 e. The fraction of sp³-hybridized carbons (Fsp3) is 0.216. The van der Waals surface area contributed by atoms with E-state index in [4.69, 9.17) is 14.2 Å². The molecule has 3 aromatic carbocycles. The molecule has 5 aromatic rings. The van der Waals surface area contributed by atoms with Crippen molar-refractivity contribution in [3.8, 4) is 28.8 Å². The highest BCUT2D eigenvalue weighted by Gasteiger charge is 2.41. The van der Waals surface area contributed by atoms with Gasteiger partial charge in [0.1, 0.15) is 23.9 Å². The molecule has 3 heterocycles. The van der Waals surface area contributed by atoms with E-state index in [1.807, 2.05) is 29.8 Å². The maximum Gasteiger partial charge on any atom is 0.414 e. The number of hydrogen-bond acceptors (Lipinski definition) is 10. The molecule has 0 fully saturated rings. The number of nitrogens with one attached hydrogen (secondary N) is 1. The van der Waals surface area contributed by atoms with Crippen LogP contribution in [0.4, 0.5) is 10.5 Å². The zero-order chi connectivity index (χ0) is 35.1. The molecule has 13 heteroatoms. The predicted octanol–water partition coefficient (Wildman–Crippen LogP) is 6.57. The molecule has 0 bridgehead atoms. The van der Waals surface area contributed by atoms with Crippen molar-refractivity contribution >= 4 is 35.1 Å². The van der Waals surface area contributed by atoms with Gasteiger partial charge in [0.25, 0.3) is 0 Å². The number of aromatic hydroxyl groups is 1. The van der Waals surface area contributed by atoms with Gasteiger partial charge in [-0.3, -0.25) is 24.5 Å². The Morgan fingerprint density at radius 3 is 2.50 bits per heavy atom. The number of aromatic nitrogens is 3. The minimum atomic E-state index is -1.45. The van der Waals surface area contributed by atoms with E-state index in [0.29, 0.717) is 46.4 Å². The highest BCUT2D eigenvalue weighted by molar-refractivity contribution is 7.09. The number of rotatable bonds is 14. The van der Waals surface area contributed by atoms with Crippen LogP contribution < -0.4 is 19.2 Å². The van der Waals surface area contributed by atoms with Gasteiger partial charge in [-0.05, 0) is 72.7 Å². The van der Waals surface area contributed by atoms with Crippen LogP contribution in [-0.4, -0.2) is 58.0 Å². The molecule has 6 rings (SSSR count). The van der Waals surface area contributed by atoms with Gasteiger partial charge in [-0.25, -0.2) is 9.78 Å². The second kappa shape index (κ2) is 15.1. The number of H-pyrrole nitrogens is 1. The highest BCUT2D eigenvalue weighted by Crippen LogP contribution is 2.41. The van der Waals surface area contributed by atoms with Gasteiger partial charge in [-0.1, -0.05) is 36.8 Å². The van der Waals surface area contributed by atoms with Crippen molar-refractivity contribution in [3.63, 3.8) is 0 Å². The number of imidazole rings is 1. The van der Waals surface area contributed by atoms with Crippen LogP contribution in [0, 0.1) is 0 Å². The molecule has 2 N–H and O–H groups in total. The summed E-state index contributed by atoms with van der Waals surface area (Å²) in [5.74, 6) is 0.813. The van der Waals surface area contributed by atoms with Gasteiger partial charge in [-0.15, -0.1) is 0 Å². The summed E-state index contributed by atoms with van der Waals surface area (Å²) in [5.41, 5.74) is 1.26. The maximum atomic E-state index is 14.0. The number of nitrogens with zero attached hydrogens (tertiary/aromatic N) is 4. The van der Waals surface area contributed by atoms with E-state index in [1.54, 1.807) is 92.5 Å². The number of aromatic amines is 1. The van der Waals surface area contributed by atoms with Gasteiger partial charge in [0.2, 0.25) is 11.7 Å². The van der Waals surface area contributed by atoms with Crippen LogP contribution in [0.1, 0.15) is 35.8 Å². The summed E-state index contributed by atoms with van der Waals surface area (Å²) >= 11 is 0.952. The molecule has 0 aliphatic carbocycles. The van der Waals surface area contributed by atoms with Crippen molar-refractivity contribution in [1.82, 2.24) is 14.5 Å². The first-order valence-electron chi connectivity index (χ1n) is 16.0. The van der Waals surface area contributed by atoms with Crippen molar-refractivity contribution in [3.05, 3.63) is 123 Å². The van der Waals surface area contributed by atoms with Crippen LogP contribution in [0.25, 0.3) is 5.69 Å². The molecule has 2 aromatic heterocycles. The molecule has 0 spiro atoms. The van der Waals surface area contributed by atoms with E-state index in [1.165, 1.54) is 4.90 Å². The van der Waals surface area contributed by atoms with Gasteiger partial charge in [-0.2, -0.15) is 0 Å². The Labute approximate surface area is 291 Å². The first-order valence-corrected chi connectivity index (χ1v) is 16.8. The number of aliphatic imine (C=N–C) groups is 1. The smallest absolute Gasteiger partial charge is 0.414 e. The third kappa shape index (κ3) is 7.52. The number of thiazole rings is 1. The van der Waals surface area contributed by atoms with Crippen molar-refractivity contribution in [2.24, 2.45) is 4.99 Å². The summed E-state index contributed by atoms with van der Waals surface area (Å²) in [6, 6.07) is 19.6. The van der Waals surface area contributed by atoms with Crippen molar-refractivity contribution < 1.29 is 28.9 Å². The molecule has 0 saturated heterocycles.